The zero-order valence-electron chi connectivity index (χ0n) is 9.69. The molecule has 2 amide bonds. The van der Waals surface area contributed by atoms with E-state index in [0.717, 1.165) is 0 Å². The standard InChI is InChI=1S/C11H15N3O2S/c1-7(10(12)17)13-11(15)14-8-5-3-4-6-9(8)16-2/h3-7H,1-2H3,(H2,12,17)(H2,13,14,15). The Kier molecular flexibility index (Phi) is 4.71. The van der Waals surface area contributed by atoms with Gasteiger partial charge >= 0.3 is 6.03 Å². The number of carbonyl (C=O) groups excluding carboxylic acids is 1. The molecule has 0 aliphatic rings. The Morgan fingerprint density at radius 2 is 2.12 bits per heavy atom. The molecule has 0 aliphatic carbocycles. The van der Waals surface area contributed by atoms with Crippen LogP contribution in [0.4, 0.5) is 10.5 Å². The fraction of sp³-hybridized carbons (Fsp3) is 0.273. The highest BCUT2D eigenvalue weighted by atomic mass is 32.1. The van der Waals surface area contributed by atoms with Gasteiger partial charge < -0.3 is 21.1 Å². The van der Waals surface area contributed by atoms with Crippen LogP contribution in [-0.2, 0) is 0 Å². The number of benzene rings is 1. The zero-order chi connectivity index (χ0) is 12.8. The van der Waals surface area contributed by atoms with Gasteiger partial charge in [-0.3, -0.25) is 0 Å². The lowest BCUT2D eigenvalue weighted by Gasteiger charge is -2.14. The molecule has 0 spiro atoms. The molecule has 0 aliphatic heterocycles. The van der Waals surface area contributed by atoms with Gasteiger partial charge in [0.15, 0.2) is 0 Å². The minimum absolute atomic E-state index is 0.236. The fourth-order valence-corrected chi connectivity index (χ4v) is 1.23. The van der Waals surface area contributed by atoms with Gasteiger partial charge in [-0.2, -0.15) is 0 Å². The average Bonchev–Trinajstić information content (AvgIpc) is 2.29. The molecule has 1 rings (SSSR count). The lowest BCUT2D eigenvalue weighted by Crippen LogP contribution is -2.43. The molecule has 1 aromatic carbocycles. The molecule has 0 saturated carbocycles. The predicted molar refractivity (Wildman–Crippen MR) is 71.4 cm³/mol. The predicted octanol–water partition coefficient (Wildman–Crippen LogP) is 1.49. The maximum Gasteiger partial charge on any atom is 0.319 e. The molecule has 6 heteroatoms. The molecule has 0 fully saturated rings. The van der Waals surface area contributed by atoms with Gasteiger partial charge in [0.25, 0.3) is 0 Å². The molecule has 17 heavy (non-hydrogen) atoms. The number of urea groups is 1. The second kappa shape index (κ2) is 6.05. The van der Waals surface area contributed by atoms with E-state index in [-0.39, 0.29) is 17.1 Å². The SMILES string of the molecule is COc1ccccc1NC(=O)NC(C)C(N)=S. The van der Waals surface area contributed by atoms with E-state index in [4.69, 9.17) is 22.7 Å². The van der Waals surface area contributed by atoms with E-state index >= 15 is 0 Å². The van der Waals surface area contributed by atoms with Crippen LogP contribution in [0.25, 0.3) is 0 Å². The van der Waals surface area contributed by atoms with E-state index in [0.29, 0.717) is 11.4 Å². The maximum absolute atomic E-state index is 11.6. The summed E-state index contributed by atoms with van der Waals surface area (Å²) in [5, 5.41) is 5.26. The number of nitrogens with two attached hydrogens (primary N) is 1. The summed E-state index contributed by atoms with van der Waals surface area (Å²) in [6.45, 7) is 1.71. The van der Waals surface area contributed by atoms with Crippen LogP contribution in [0.1, 0.15) is 6.92 Å². The van der Waals surface area contributed by atoms with Crippen molar-refractivity contribution in [3.05, 3.63) is 24.3 Å². The molecule has 0 bridgehead atoms. The number of nitrogens with one attached hydrogen (secondary N) is 2. The second-order valence-electron chi connectivity index (χ2n) is 3.42. The van der Waals surface area contributed by atoms with Gasteiger partial charge in [0.05, 0.1) is 23.8 Å². The lowest BCUT2D eigenvalue weighted by molar-refractivity contribution is 0.251. The van der Waals surface area contributed by atoms with E-state index in [2.05, 4.69) is 10.6 Å². The van der Waals surface area contributed by atoms with Gasteiger partial charge in [0, 0.05) is 0 Å². The minimum atomic E-state index is -0.380. The monoisotopic (exact) mass is 253 g/mol. The number of hydrogen-bond acceptors (Lipinski definition) is 3. The molecule has 1 atom stereocenters. The van der Waals surface area contributed by atoms with Crippen molar-refractivity contribution in [2.75, 3.05) is 12.4 Å². The van der Waals surface area contributed by atoms with Crippen molar-refractivity contribution >= 4 is 28.9 Å². The van der Waals surface area contributed by atoms with Crippen molar-refractivity contribution < 1.29 is 9.53 Å². The summed E-state index contributed by atoms with van der Waals surface area (Å²) in [6.07, 6.45) is 0. The van der Waals surface area contributed by atoms with Crippen LogP contribution >= 0.6 is 12.2 Å². The number of hydrogen-bond donors (Lipinski definition) is 3. The Hall–Kier alpha value is -1.82. The first-order valence-electron chi connectivity index (χ1n) is 5.04. The third-order valence-electron chi connectivity index (χ3n) is 2.13. The molecule has 5 nitrogen and oxygen atoms in total. The Labute approximate surface area is 105 Å². The van der Waals surface area contributed by atoms with Crippen LogP contribution in [0, 0.1) is 0 Å². The number of ether oxygens (including phenoxy) is 1. The molecular formula is C11H15N3O2S. The first kappa shape index (κ1) is 13.2. The molecular weight excluding hydrogens is 238 g/mol. The molecule has 1 unspecified atom stereocenters. The summed E-state index contributed by atoms with van der Waals surface area (Å²) in [4.78, 5) is 11.8. The van der Waals surface area contributed by atoms with Gasteiger partial charge in [0.2, 0.25) is 0 Å². The fourth-order valence-electron chi connectivity index (χ4n) is 1.17. The first-order chi connectivity index (χ1) is 8.04. The number of rotatable bonds is 4. The normalized spacial score (nSPS) is 11.4. The molecule has 4 N–H and O–H groups in total. The number of methoxy groups -OCH3 is 1. The zero-order valence-corrected chi connectivity index (χ0v) is 10.5. The number of carbonyl (C=O) groups is 1. The smallest absolute Gasteiger partial charge is 0.319 e. The molecule has 0 aromatic heterocycles. The van der Waals surface area contributed by atoms with E-state index in [9.17, 15) is 4.79 Å². The summed E-state index contributed by atoms with van der Waals surface area (Å²) in [5.41, 5.74) is 5.98. The maximum atomic E-state index is 11.6. The lowest BCUT2D eigenvalue weighted by atomic mass is 10.3. The number of para-hydroxylation sites is 2. The summed E-state index contributed by atoms with van der Waals surface area (Å²) < 4.78 is 5.11. The van der Waals surface area contributed by atoms with Crippen molar-refractivity contribution in [1.29, 1.82) is 0 Å². The van der Waals surface area contributed by atoms with Crippen molar-refractivity contribution in [1.82, 2.24) is 5.32 Å². The first-order valence-corrected chi connectivity index (χ1v) is 5.45. The van der Waals surface area contributed by atoms with Gasteiger partial charge in [-0.1, -0.05) is 24.4 Å². The van der Waals surface area contributed by atoms with Crippen LogP contribution in [0.2, 0.25) is 0 Å². The summed E-state index contributed by atoms with van der Waals surface area (Å²) in [5.74, 6) is 0.589. The Balaban J connectivity index is 2.65. The van der Waals surface area contributed by atoms with Gasteiger partial charge in [-0.25, -0.2) is 4.79 Å². The van der Waals surface area contributed by atoms with Crippen LogP contribution in [-0.4, -0.2) is 24.2 Å². The topological polar surface area (TPSA) is 76.4 Å². The quantitative estimate of drug-likeness (QED) is 0.711. The van der Waals surface area contributed by atoms with Gasteiger partial charge in [-0.15, -0.1) is 0 Å². The summed E-state index contributed by atoms with van der Waals surface area (Å²) in [6, 6.07) is 6.38. The third kappa shape index (κ3) is 3.92. The third-order valence-corrected chi connectivity index (χ3v) is 2.48. The molecule has 92 valence electrons. The number of thiocarbonyl (C=S) groups is 1. The Morgan fingerprint density at radius 3 is 2.71 bits per heavy atom. The molecule has 0 saturated heterocycles. The van der Waals surface area contributed by atoms with Gasteiger partial charge in [-0.05, 0) is 19.1 Å². The Morgan fingerprint density at radius 1 is 1.47 bits per heavy atom. The Bertz CT molecular complexity index is 423. The van der Waals surface area contributed by atoms with E-state index in [1.165, 1.54) is 7.11 Å². The summed E-state index contributed by atoms with van der Waals surface area (Å²) >= 11 is 4.76. The van der Waals surface area contributed by atoms with Gasteiger partial charge in [0.1, 0.15) is 5.75 Å². The average molecular weight is 253 g/mol. The second-order valence-corrected chi connectivity index (χ2v) is 3.89. The molecule has 0 heterocycles. The highest BCUT2D eigenvalue weighted by Gasteiger charge is 2.10. The van der Waals surface area contributed by atoms with E-state index < -0.39 is 0 Å². The van der Waals surface area contributed by atoms with Crippen molar-refractivity contribution in [2.45, 2.75) is 13.0 Å². The largest absolute Gasteiger partial charge is 0.495 e. The molecule has 1 aromatic rings. The highest BCUT2D eigenvalue weighted by molar-refractivity contribution is 7.80. The van der Waals surface area contributed by atoms with Crippen LogP contribution in [0.3, 0.4) is 0 Å². The van der Waals surface area contributed by atoms with Crippen LogP contribution < -0.4 is 21.1 Å². The van der Waals surface area contributed by atoms with Crippen molar-refractivity contribution in [3.63, 3.8) is 0 Å². The highest BCUT2D eigenvalue weighted by Crippen LogP contribution is 2.22. The van der Waals surface area contributed by atoms with Crippen molar-refractivity contribution in [2.24, 2.45) is 5.73 Å². The van der Waals surface area contributed by atoms with E-state index in [1.54, 1.807) is 25.1 Å². The minimum Gasteiger partial charge on any atom is -0.495 e. The van der Waals surface area contributed by atoms with Crippen LogP contribution in [0.15, 0.2) is 24.3 Å². The van der Waals surface area contributed by atoms with Crippen molar-refractivity contribution in [3.8, 4) is 5.75 Å². The summed E-state index contributed by atoms with van der Waals surface area (Å²) in [7, 11) is 1.54. The number of anilines is 1. The number of amides is 2. The van der Waals surface area contributed by atoms with Crippen LogP contribution in [0.5, 0.6) is 5.75 Å². The molecule has 0 radical (unpaired) electrons. The van der Waals surface area contributed by atoms with E-state index in [1.807, 2.05) is 6.07 Å².